The lowest BCUT2D eigenvalue weighted by atomic mass is 10.1. The first-order valence-corrected chi connectivity index (χ1v) is 8.03. The molecule has 1 N–H and O–H groups in total. The minimum atomic E-state index is 0.109. The van der Waals surface area contributed by atoms with Crippen LogP contribution in [0.3, 0.4) is 0 Å². The quantitative estimate of drug-likeness (QED) is 0.765. The summed E-state index contributed by atoms with van der Waals surface area (Å²) in [6.45, 7) is 0.149. The molecule has 21 heavy (non-hydrogen) atoms. The molecule has 0 saturated carbocycles. The van der Waals surface area contributed by atoms with E-state index in [-0.39, 0.29) is 11.9 Å². The smallest absolute Gasteiger partial charge is 0.0702 e. The van der Waals surface area contributed by atoms with Crippen LogP contribution in [-0.4, -0.2) is 16.7 Å². The van der Waals surface area contributed by atoms with Crippen LogP contribution in [0.4, 0.5) is 0 Å². The fourth-order valence-corrected chi connectivity index (χ4v) is 3.32. The number of fused-ring (bicyclic) bond motifs is 1. The van der Waals surface area contributed by atoms with Crippen LogP contribution in [0, 0.1) is 0 Å². The van der Waals surface area contributed by atoms with Gasteiger partial charge in [0, 0.05) is 17.3 Å². The highest BCUT2D eigenvalue weighted by atomic mass is 32.2. The van der Waals surface area contributed by atoms with E-state index in [0.717, 1.165) is 16.7 Å². The fraction of sp³-hybridized carbons (Fsp3) is 0.167. The summed E-state index contributed by atoms with van der Waals surface area (Å²) in [6, 6.07) is 20.4. The lowest BCUT2D eigenvalue weighted by Crippen LogP contribution is -2.00. The number of rotatable bonds is 5. The predicted molar refractivity (Wildman–Crippen MR) is 89.3 cm³/mol. The summed E-state index contributed by atoms with van der Waals surface area (Å²) >= 11 is 1.75. The van der Waals surface area contributed by atoms with Gasteiger partial charge in [-0.1, -0.05) is 48.5 Å². The van der Waals surface area contributed by atoms with E-state index in [1.807, 2.05) is 42.6 Å². The van der Waals surface area contributed by atoms with E-state index in [1.165, 1.54) is 11.1 Å². The third-order valence-corrected chi connectivity index (χ3v) is 4.76. The number of benzene rings is 2. The largest absolute Gasteiger partial charge is 0.395 e. The maximum absolute atomic E-state index is 9.59. The van der Waals surface area contributed by atoms with Crippen molar-refractivity contribution in [2.24, 2.45) is 0 Å². The molecule has 1 heterocycles. The maximum atomic E-state index is 9.59. The highest BCUT2D eigenvalue weighted by molar-refractivity contribution is 7.98. The van der Waals surface area contributed by atoms with Gasteiger partial charge in [0.15, 0.2) is 0 Å². The van der Waals surface area contributed by atoms with Gasteiger partial charge >= 0.3 is 0 Å². The topological polar surface area (TPSA) is 33.1 Å². The maximum Gasteiger partial charge on any atom is 0.0702 e. The van der Waals surface area contributed by atoms with Crippen LogP contribution in [0.25, 0.3) is 10.9 Å². The highest BCUT2D eigenvalue weighted by Gasteiger charge is 2.10. The van der Waals surface area contributed by atoms with Crippen LogP contribution >= 0.6 is 11.8 Å². The summed E-state index contributed by atoms with van der Waals surface area (Å²) in [5, 5.41) is 10.9. The number of hydrogen-bond donors (Lipinski definition) is 1. The Morgan fingerprint density at radius 1 is 1.00 bits per heavy atom. The first kappa shape index (κ1) is 14.1. The normalized spacial score (nSPS) is 12.4. The zero-order valence-corrected chi connectivity index (χ0v) is 12.5. The second kappa shape index (κ2) is 6.74. The molecule has 0 amide bonds. The standard InChI is InChI=1S/C18H17NOS/c20-12-18(15-6-2-1-3-7-15)21-13-14-10-16-8-4-5-9-17(16)19-11-14/h1-11,18,20H,12-13H2. The third-order valence-electron chi connectivity index (χ3n) is 3.44. The molecule has 0 bridgehead atoms. The molecular weight excluding hydrogens is 278 g/mol. The molecule has 2 aromatic carbocycles. The average molecular weight is 295 g/mol. The second-order valence-electron chi connectivity index (χ2n) is 4.93. The summed E-state index contributed by atoms with van der Waals surface area (Å²) in [6.07, 6.45) is 1.93. The summed E-state index contributed by atoms with van der Waals surface area (Å²) in [7, 11) is 0. The molecule has 0 fully saturated rings. The molecule has 0 aliphatic carbocycles. The number of para-hydroxylation sites is 1. The molecule has 3 aromatic rings. The summed E-state index contributed by atoms with van der Waals surface area (Å²) < 4.78 is 0. The Kier molecular flexibility index (Phi) is 4.53. The molecule has 1 aromatic heterocycles. The average Bonchev–Trinajstić information content (AvgIpc) is 2.56. The van der Waals surface area contributed by atoms with Crippen LogP contribution in [0.5, 0.6) is 0 Å². The van der Waals surface area contributed by atoms with Crippen molar-refractivity contribution < 1.29 is 5.11 Å². The van der Waals surface area contributed by atoms with E-state index in [1.54, 1.807) is 11.8 Å². The Balaban J connectivity index is 1.73. The van der Waals surface area contributed by atoms with Gasteiger partial charge in [-0.15, -0.1) is 11.8 Å². The number of aliphatic hydroxyl groups excluding tert-OH is 1. The van der Waals surface area contributed by atoms with Gasteiger partial charge in [-0.2, -0.15) is 0 Å². The summed E-state index contributed by atoms with van der Waals surface area (Å²) in [4.78, 5) is 4.48. The van der Waals surface area contributed by atoms with Gasteiger partial charge in [0.25, 0.3) is 0 Å². The SMILES string of the molecule is OCC(SCc1cnc2ccccc2c1)c1ccccc1. The highest BCUT2D eigenvalue weighted by Crippen LogP contribution is 2.31. The number of thioether (sulfide) groups is 1. The van der Waals surface area contributed by atoms with E-state index in [2.05, 4.69) is 29.2 Å². The Morgan fingerprint density at radius 2 is 1.76 bits per heavy atom. The fourth-order valence-electron chi connectivity index (χ4n) is 2.31. The molecule has 3 rings (SSSR count). The molecule has 0 radical (unpaired) electrons. The van der Waals surface area contributed by atoms with Gasteiger partial charge in [0.1, 0.15) is 0 Å². The minimum Gasteiger partial charge on any atom is -0.395 e. The zero-order chi connectivity index (χ0) is 14.5. The van der Waals surface area contributed by atoms with Crippen LogP contribution in [0.15, 0.2) is 66.9 Å². The van der Waals surface area contributed by atoms with Gasteiger partial charge in [0.05, 0.1) is 17.4 Å². The lowest BCUT2D eigenvalue weighted by molar-refractivity contribution is 0.296. The molecule has 1 atom stereocenters. The first-order valence-electron chi connectivity index (χ1n) is 6.98. The molecule has 106 valence electrons. The second-order valence-corrected chi connectivity index (χ2v) is 6.12. The van der Waals surface area contributed by atoms with Gasteiger partial charge < -0.3 is 5.11 Å². The zero-order valence-electron chi connectivity index (χ0n) is 11.6. The van der Waals surface area contributed by atoms with Crippen LogP contribution in [0.1, 0.15) is 16.4 Å². The van der Waals surface area contributed by atoms with Crippen LogP contribution in [0.2, 0.25) is 0 Å². The van der Waals surface area contributed by atoms with Crippen LogP contribution in [-0.2, 0) is 5.75 Å². The molecule has 3 heteroatoms. The van der Waals surface area contributed by atoms with Gasteiger partial charge in [0.2, 0.25) is 0 Å². The van der Waals surface area contributed by atoms with Crippen molar-refractivity contribution in [3.63, 3.8) is 0 Å². The monoisotopic (exact) mass is 295 g/mol. The molecule has 0 spiro atoms. The van der Waals surface area contributed by atoms with Gasteiger partial charge in [-0.05, 0) is 23.3 Å². The molecule has 1 unspecified atom stereocenters. The van der Waals surface area contributed by atoms with Crippen molar-refractivity contribution in [3.05, 3.63) is 78.0 Å². The molecule has 0 aliphatic heterocycles. The minimum absolute atomic E-state index is 0.109. The Hall–Kier alpha value is -1.84. The van der Waals surface area contributed by atoms with Crippen molar-refractivity contribution >= 4 is 22.7 Å². The molecular formula is C18H17NOS. The van der Waals surface area contributed by atoms with E-state index in [4.69, 9.17) is 0 Å². The lowest BCUT2D eigenvalue weighted by Gasteiger charge is -2.14. The predicted octanol–water partition coefficient (Wildman–Crippen LogP) is 4.20. The number of aromatic nitrogens is 1. The van der Waals surface area contributed by atoms with Crippen LogP contribution < -0.4 is 0 Å². The van der Waals surface area contributed by atoms with E-state index < -0.39 is 0 Å². The molecule has 2 nitrogen and oxygen atoms in total. The third kappa shape index (κ3) is 3.43. The summed E-state index contributed by atoms with van der Waals surface area (Å²) in [5.41, 5.74) is 3.37. The van der Waals surface area contributed by atoms with E-state index in [0.29, 0.717) is 0 Å². The Labute approximate surface area is 128 Å². The Bertz CT molecular complexity index is 714. The van der Waals surface area contributed by atoms with Gasteiger partial charge in [-0.3, -0.25) is 4.98 Å². The first-order chi connectivity index (χ1) is 10.4. The van der Waals surface area contributed by atoms with E-state index >= 15 is 0 Å². The van der Waals surface area contributed by atoms with Crippen molar-refractivity contribution in [2.45, 2.75) is 11.0 Å². The Morgan fingerprint density at radius 3 is 2.57 bits per heavy atom. The van der Waals surface area contributed by atoms with Crippen molar-refractivity contribution in [3.8, 4) is 0 Å². The number of nitrogens with zero attached hydrogens (tertiary/aromatic N) is 1. The number of pyridine rings is 1. The van der Waals surface area contributed by atoms with Crippen molar-refractivity contribution in [2.75, 3.05) is 6.61 Å². The van der Waals surface area contributed by atoms with Crippen molar-refractivity contribution in [1.82, 2.24) is 4.98 Å². The summed E-state index contributed by atoms with van der Waals surface area (Å²) in [5.74, 6) is 0.845. The number of aliphatic hydroxyl groups is 1. The molecule has 0 aliphatic rings. The van der Waals surface area contributed by atoms with Crippen molar-refractivity contribution in [1.29, 1.82) is 0 Å². The van der Waals surface area contributed by atoms with Gasteiger partial charge in [-0.25, -0.2) is 0 Å². The molecule has 0 saturated heterocycles. The number of hydrogen-bond acceptors (Lipinski definition) is 3. The van der Waals surface area contributed by atoms with E-state index in [9.17, 15) is 5.11 Å².